The van der Waals surface area contributed by atoms with E-state index < -0.39 is 0 Å². The molecule has 0 saturated heterocycles. The molecule has 0 heterocycles. The van der Waals surface area contributed by atoms with Crippen LogP contribution in [0.25, 0.3) is 0 Å². The number of hydrogen-bond donors (Lipinski definition) is 1. The van der Waals surface area contributed by atoms with Crippen LogP contribution in [-0.4, -0.2) is 13.6 Å². The summed E-state index contributed by atoms with van der Waals surface area (Å²) in [7, 11) is 2.05. The molecule has 0 aliphatic carbocycles. The highest BCUT2D eigenvalue weighted by molar-refractivity contribution is 4.59. The lowest BCUT2D eigenvalue weighted by Gasteiger charge is -2.14. The van der Waals surface area contributed by atoms with Gasteiger partial charge in [0.2, 0.25) is 0 Å². The van der Waals surface area contributed by atoms with Crippen molar-refractivity contribution in [1.29, 1.82) is 0 Å². The molecule has 1 N–H and O–H groups in total. The Balaban J connectivity index is 3.28. The monoisotopic (exact) mass is 213 g/mol. The second-order valence-electron chi connectivity index (χ2n) is 4.72. The fourth-order valence-corrected chi connectivity index (χ4v) is 2.16. The van der Waals surface area contributed by atoms with Crippen LogP contribution in [0, 0.1) is 5.92 Å². The van der Waals surface area contributed by atoms with Crippen molar-refractivity contribution in [3.63, 3.8) is 0 Å². The van der Waals surface area contributed by atoms with Gasteiger partial charge in [-0.15, -0.1) is 0 Å². The Bertz CT molecular complexity index is 112. The van der Waals surface area contributed by atoms with Crippen LogP contribution >= 0.6 is 0 Å². The minimum Gasteiger partial charge on any atom is -0.320 e. The summed E-state index contributed by atoms with van der Waals surface area (Å²) in [6.07, 6.45) is 12.8. The third-order valence-corrected chi connectivity index (χ3v) is 3.33. The summed E-state index contributed by atoms with van der Waals surface area (Å²) in [5.41, 5.74) is 0. The van der Waals surface area contributed by atoms with Crippen molar-refractivity contribution in [2.24, 2.45) is 5.92 Å². The highest BCUT2D eigenvalue weighted by atomic mass is 14.8. The van der Waals surface area contributed by atoms with Crippen molar-refractivity contribution in [3.8, 4) is 0 Å². The largest absolute Gasteiger partial charge is 0.320 e. The smallest absolute Gasteiger partial charge is 0.00518 e. The lowest BCUT2D eigenvalue weighted by Crippen LogP contribution is -2.10. The summed E-state index contributed by atoms with van der Waals surface area (Å²) in [4.78, 5) is 0. The average molecular weight is 213 g/mol. The Kier molecular flexibility index (Phi) is 12.0. The van der Waals surface area contributed by atoms with Crippen LogP contribution in [0.1, 0.15) is 71.6 Å². The Labute approximate surface area is 97.0 Å². The normalized spacial score (nSPS) is 13.0. The molecule has 0 rings (SSSR count). The zero-order valence-electron chi connectivity index (χ0n) is 11.1. The molecule has 0 amide bonds. The number of rotatable bonds is 11. The summed E-state index contributed by atoms with van der Waals surface area (Å²) < 4.78 is 0. The lowest BCUT2D eigenvalue weighted by molar-refractivity contribution is 0.400. The molecule has 0 aromatic rings. The van der Waals surface area contributed by atoms with Gasteiger partial charge in [0.15, 0.2) is 0 Å². The van der Waals surface area contributed by atoms with E-state index in [1.807, 2.05) is 7.05 Å². The van der Waals surface area contributed by atoms with E-state index in [9.17, 15) is 0 Å². The highest BCUT2D eigenvalue weighted by Gasteiger charge is 2.05. The van der Waals surface area contributed by atoms with Crippen molar-refractivity contribution in [2.75, 3.05) is 13.6 Å². The SMILES string of the molecule is CCCCCCCC(CC)CCCNC. The molecule has 0 spiro atoms. The predicted octanol–water partition coefficient (Wildman–Crippen LogP) is 4.37. The van der Waals surface area contributed by atoms with E-state index in [1.165, 1.54) is 64.3 Å². The summed E-state index contributed by atoms with van der Waals surface area (Å²) in [6, 6.07) is 0. The standard InChI is InChI=1S/C14H31N/c1-4-6-7-8-9-11-14(5-2)12-10-13-15-3/h14-15H,4-13H2,1-3H3. The summed E-state index contributed by atoms with van der Waals surface area (Å²) in [5.74, 6) is 0.986. The van der Waals surface area contributed by atoms with Gasteiger partial charge in [0.05, 0.1) is 0 Å². The van der Waals surface area contributed by atoms with E-state index in [4.69, 9.17) is 0 Å². The van der Waals surface area contributed by atoms with Crippen molar-refractivity contribution < 1.29 is 0 Å². The van der Waals surface area contributed by atoms with Crippen LogP contribution in [0.5, 0.6) is 0 Å². The van der Waals surface area contributed by atoms with Crippen molar-refractivity contribution in [1.82, 2.24) is 5.32 Å². The first-order valence-corrected chi connectivity index (χ1v) is 6.99. The molecule has 0 fully saturated rings. The first-order valence-electron chi connectivity index (χ1n) is 6.99. The number of hydrogen-bond acceptors (Lipinski definition) is 1. The van der Waals surface area contributed by atoms with E-state index in [0.717, 1.165) is 5.92 Å². The molecule has 1 heteroatoms. The minimum absolute atomic E-state index is 0.986. The van der Waals surface area contributed by atoms with Gasteiger partial charge in [0.25, 0.3) is 0 Å². The first kappa shape index (κ1) is 15.0. The third-order valence-electron chi connectivity index (χ3n) is 3.33. The maximum Gasteiger partial charge on any atom is -0.00518 e. The lowest BCUT2D eigenvalue weighted by atomic mass is 9.93. The van der Waals surface area contributed by atoms with Crippen LogP contribution in [0.15, 0.2) is 0 Å². The van der Waals surface area contributed by atoms with Crippen LogP contribution in [-0.2, 0) is 0 Å². The van der Waals surface area contributed by atoms with Gasteiger partial charge in [-0.25, -0.2) is 0 Å². The highest BCUT2D eigenvalue weighted by Crippen LogP contribution is 2.19. The quantitative estimate of drug-likeness (QED) is 0.502. The van der Waals surface area contributed by atoms with E-state index in [-0.39, 0.29) is 0 Å². The molecule has 0 aliphatic heterocycles. The molecule has 92 valence electrons. The summed E-state index contributed by atoms with van der Waals surface area (Å²) >= 11 is 0. The Hall–Kier alpha value is -0.0400. The number of unbranched alkanes of at least 4 members (excludes halogenated alkanes) is 4. The molecule has 1 unspecified atom stereocenters. The summed E-state index contributed by atoms with van der Waals surface area (Å²) in [5, 5.41) is 3.23. The van der Waals surface area contributed by atoms with Crippen molar-refractivity contribution in [2.45, 2.75) is 71.6 Å². The zero-order chi connectivity index (χ0) is 11.4. The van der Waals surface area contributed by atoms with E-state index in [0.29, 0.717) is 0 Å². The van der Waals surface area contributed by atoms with E-state index in [2.05, 4.69) is 19.2 Å². The molecular formula is C14H31N. The first-order chi connectivity index (χ1) is 7.35. The summed E-state index contributed by atoms with van der Waals surface area (Å²) in [6.45, 7) is 5.81. The van der Waals surface area contributed by atoms with Crippen molar-refractivity contribution in [3.05, 3.63) is 0 Å². The number of nitrogens with one attached hydrogen (secondary N) is 1. The van der Waals surface area contributed by atoms with Gasteiger partial charge < -0.3 is 5.32 Å². The van der Waals surface area contributed by atoms with Crippen LogP contribution in [0.2, 0.25) is 0 Å². The van der Waals surface area contributed by atoms with Gasteiger partial charge in [-0.3, -0.25) is 0 Å². The van der Waals surface area contributed by atoms with E-state index >= 15 is 0 Å². The Morgan fingerprint density at radius 2 is 1.53 bits per heavy atom. The predicted molar refractivity (Wildman–Crippen MR) is 70.3 cm³/mol. The Morgan fingerprint density at radius 1 is 0.867 bits per heavy atom. The molecule has 1 nitrogen and oxygen atoms in total. The molecule has 0 bridgehead atoms. The van der Waals surface area contributed by atoms with Gasteiger partial charge in [0, 0.05) is 0 Å². The van der Waals surface area contributed by atoms with Gasteiger partial charge in [-0.1, -0.05) is 58.8 Å². The average Bonchev–Trinajstić information content (AvgIpc) is 2.26. The fourth-order valence-electron chi connectivity index (χ4n) is 2.16. The zero-order valence-corrected chi connectivity index (χ0v) is 11.1. The fraction of sp³-hybridized carbons (Fsp3) is 1.00. The molecule has 0 saturated carbocycles. The molecule has 15 heavy (non-hydrogen) atoms. The van der Waals surface area contributed by atoms with Gasteiger partial charge >= 0.3 is 0 Å². The van der Waals surface area contributed by atoms with Gasteiger partial charge in [-0.2, -0.15) is 0 Å². The molecular weight excluding hydrogens is 182 g/mol. The molecule has 0 aliphatic rings. The maximum atomic E-state index is 3.23. The molecule has 0 radical (unpaired) electrons. The third kappa shape index (κ3) is 10.2. The minimum atomic E-state index is 0.986. The van der Waals surface area contributed by atoms with Crippen LogP contribution in [0.3, 0.4) is 0 Å². The molecule has 0 aromatic carbocycles. The van der Waals surface area contributed by atoms with Crippen LogP contribution in [0.4, 0.5) is 0 Å². The Morgan fingerprint density at radius 3 is 2.13 bits per heavy atom. The van der Waals surface area contributed by atoms with Gasteiger partial charge in [0.1, 0.15) is 0 Å². The maximum absolute atomic E-state index is 3.23. The van der Waals surface area contributed by atoms with Gasteiger partial charge in [-0.05, 0) is 32.4 Å². The molecule has 1 atom stereocenters. The molecule has 0 aromatic heterocycles. The second-order valence-corrected chi connectivity index (χ2v) is 4.72. The topological polar surface area (TPSA) is 12.0 Å². The van der Waals surface area contributed by atoms with Crippen molar-refractivity contribution >= 4 is 0 Å². The van der Waals surface area contributed by atoms with Crippen LogP contribution < -0.4 is 5.32 Å². The van der Waals surface area contributed by atoms with E-state index in [1.54, 1.807) is 0 Å². The second kappa shape index (κ2) is 12.0.